The van der Waals surface area contributed by atoms with E-state index < -0.39 is 11.8 Å². The summed E-state index contributed by atoms with van der Waals surface area (Å²) in [6.45, 7) is 0. The van der Waals surface area contributed by atoms with Crippen LogP contribution in [0.4, 0.5) is 0 Å². The predicted molar refractivity (Wildman–Crippen MR) is 79.9 cm³/mol. The summed E-state index contributed by atoms with van der Waals surface area (Å²) in [7, 11) is 0. The number of nitrogens with zero attached hydrogens (tertiary/aromatic N) is 4. The Bertz CT molecular complexity index is 623. The summed E-state index contributed by atoms with van der Waals surface area (Å²) in [5.41, 5.74) is 5.24. The van der Waals surface area contributed by atoms with Crippen molar-refractivity contribution in [2.75, 3.05) is 0 Å². The number of nitrogens with one attached hydrogen (secondary N) is 2. The van der Waals surface area contributed by atoms with Crippen LogP contribution in [0.1, 0.15) is 11.4 Å². The van der Waals surface area contributed by atoms with Crippen molar-refractivity contribution in [3.63, 3.8) is 0 Å². The summed E-state index contributed by atoms with van der Waals surface area (Å²) in [4.78, 5) is 30.8. The van der Waals surface area contributed by atoms with Crippen LogP contribution < -0.4 is 10.9 Å². The van der Waals surface area contributed by atoms with Crippen molar-refractivity contribution < 1.29 is 9.59 Å². The van der Waals surface area contributed by atoms with Gasteiger partial charge in [-0.1, -0.05) is 12.1 Å². The highest BCUT2D eigenvalue weighted by Gasteiger charge is 2.10. The third kappa shape index (κ3) is 4.93. The first kappa shape index (κ1) is 15.0. The highest BCUT2D eigenvalue weighted by Crippen LogP contribution is 1.88. The fraction of sp³-hybridized carbons (Fsp3) is 0. The maximum absolute atomic E-state index is 11.4. The summed E-state index contributed by atoms with van der Waals surface area (Å²) in [5, 5.41) is 7.23. The van der Waals surface area contributed by atoms with Gasteiger partial charge >= 0.3 is 11.8 Å². The number of hydrogen-bond acceptors (Lipinski definition) is 6. The van der Waals surface area contributed by atoms with Gasteiger partial charge in [-0.15, -0.1) is 0 Å². The van der Waals surface area contributed by atoms with Crippen LogP contribution in [0.3, 0.4) is 0 Å². The van der Waals surface area contributed by atoms with Gasteiger partial charge in [0.2, 0.25) is 0 Å². The Kier molecular flexibility index (Phi) is 5.45. The molecule has 2 N–H and O–H groups in total. The molecule has 0 atom stereocenters. The number of carbonyl (C=O) groups is 2. The maximum atomic E-state index is 11.4. The topological polar surface area (TPSA) is 109 Å². The molecular weight excluding hydrogens is 284 g/mol. The molecule has 0 unspecified atom stereocenters. The molecule has 110 valence electrons. The standard InChI is InChI=1S/C14H12N6O2/c21-13(19-17-9-11-5-1-3-7-15-11)14(22)20-18-10-12-6-2-4-8-16-12/h1-10H,(H,19,21)(H,20,22)/b17-9-,18-10+. The minimum Gasteiger partial charge on any atom is -0.262 e. The fourth-order valence-corrected chi connectivity index (χ4v) is 1.32. The lowest BCUT2D eigenvalue weighted by molar-refractivity contribution is -0.139. The molecule has 0 fully saturated rings. The summed E-state index contributed by atoms with van der Waals surface area (Å²) in [5.74, 6) is -1.88. The van der Waals surface area contributed by atoms with Crippen molar-refractivity contribution >= 4 is 24.2 Å². The van der Waals surface area contributed by atoms with Gasteiger partial charge in [0.05, 0.1) is 23.8 Å². The number of pyridine rings is 2. The number of hydrogen-bond donors (Lipinski definition) is 2. The van der Waals surface area contributed by atoms with Crippen LogP contribution in [0, 0.1) is 0 Å². The molecule has 2 heterocycles. The van der Waals surface area contributed by atoms with E-state index in [-0.39, 0.29) is 0 Å². The Morgan fingerprint density at radius 1 is 0.818 bits per heavy atom. The highest BCUT2D eigenvalue weighted by atomic mass is 16.2. The Morgan fingerprint density at radius 3 is 1.64 bits per heavy atom. The molecule has 0 aromatic carbocycles. The summed E-state index contributed by atoms with van der Waals surface area (Å²) in [6, 6.07) is 10.5. The van der Waals surface area contributed by atoms with E-state index >= 15 is 0 Å². The molecule has 0 radical (unpaired) electrons. The van der Waals surface area contributed by atoms with Gasteiger partial charge in [-0.2, -0.15) is 10.2 Å². The van der Waals surface area contributed by atoms with Crippen LogP contribution in [0.15, 0.2) is 59.0 Å². The van der Waals surface area contributed by atoms with Gasteiger partial charge in [0.1, 0.15) is 0 Å². The largest absolute Gasteiger partial charge is 0.331 e. The van der Waals surface area contributed by atoms with Crippen molar-refractivity contribution in [3.05, 3.63) is 60.2 Å². The predicted octanol–water partition coefficient (Wildman–Crippen LogP) is 0.0770. The van der Waals surface area contributed by atoms with Crippen molar-refractivity contribution in [2.24, 2.45) is 10.2 Å². The van der Waals surface area contributed by atoms with E-state index in [0.717, 1.165) is 0 Å². The number of carbonyl (C=O) groups excluding carboxylic acids is 2. The first-order valence-electron chi connectivity index (χ1n) is 6.24. The minimum atomic E-state index is -0.939. The van der Waals surface area contributed by atoms with Crippen molar-refractivity contribution in [2.45, 2.75) is 0 Å². The SMILES string of the molecule is O=C(N/N=C\c1ccccn1)C(=O)N/N=C/c1ccccn1. The van der Waals surface area contributed by atoms with E-state index in [4.69, 9.17) is 0 Å². The molecule has 0 aliphatic rings. The third-order valence-corrected chi connectivity index (χ3v) is 2.31. The van der Waals surface area contributed by atoms with Crippen LogP contribution in [0.2, 0.25) is 0 Å². The van der Waals surface area contributed by atoms with Crippen LogP contribution in [-0.2, 0) is 9.59 Å². The quantitative estimate of drug-likeness (QED) is 0.473. The van der Waals surface area contributed by atoms with Crippen molar-refractivity contribution in [1.82, 2.24) is 20.8 Å². The zero-order valence-electron chi connectivity index (χ0n) is 11.4. The van der Waals surface area contributed by atoms with Gasteiger partial charge in [0, 0.05) is 12.4 Å². The molecule has 2 aromatic heterocycles. The van der Waals surface area contributed by atoms with Crippen LogP contribution in [0.5, 0.6) is 0 Å². The molecule has 22 heavy (non-hydrogen) atoms. The molecule has 8 nitrogen and oxygen atoms in total. The molecule has 0 bridgehead atoms. The van der Waals surface area contributed by atoms with Crippen molar-refractivity contribution in [3.8, 4) is 0 Å². The Labute approximate surface area is 126 Å². The number of amides is 2. The molecule has 8 heteroatoms. The van der Waals surface area contributed by atoms with Gasteiger partial charge < -0.3 is 0 Å². The van der Waals surface area contributed by atoms with Gasteiger partial charge in [0.15, 0.2) is 0 Å². The average molecular weight is 296 g/mol. The molecule has 0 aliphatic heterocycles. The Hall–Kier alpha value is -3.42. The summed E-state index contributed by atoms with van der Waals surface area (Å²) < 4.78 is 0. The molecule has 2 aromatic rings. The average Bonchev–Trinajstić information content (AvgIpc) is 2.56. The van der Waals surface area contributed by atoms with Gasteiger partial charge in [0.25, 0.3) is 0 Å². The summed E-state index contributed by atoms with van der Waals surface area (Å²) >= 11 is 0. The molecule has 2 amide bonds. The Balaban J connectivity index is 1.79. The van der Waals surface area contributed by atoms with E-state index in [1.165, 1.54) is 12.4 Å². The zero-order valence-corrected chi connectivity index (χ0v) is 11.4. The molecule has 0 saturated carbocycles. The molecule has 2 rings (SSSR count). The van der Waals surface area contributed by atoms with Gasteiger partial charge in [-0.05, 0) is 24.3 Å². The maximum Gasteiger partial charge on any atom is 0.331 e. The number of hydrazone groups is 2. The lowest BCUT2D eigenvalue weighted by Crippen LogP contribution is -2.35. The van der Waals surface area contributed by atoms with Gasteiger partial charge in [-0.25, -0.2) is 10.9 Å². The van der Waals surface area contributed by atoms with Crippen molar-refractivity contribution in [1.29, 1.82) is 0 Å². The monoisotopic (exact) mass is 296 g/mol. The van der Waals surface area contributed by atoms with E-state index in [9.17, 15) is 9.59 Å². The van der Waals surface area contributed by atoms with E-state index in [2.05, 4.69) is 31.0 Å². The summed E-state index contributed by atoms with van der Waals surface area (Å²) in [6.07, 6.45) is 5.81. The molecular formula is C14H12N6O2. The number of rotatable bonds is 4. The molecule has 0 saturated heterocycles. The van der Waals surface area contributed by atoms with E-state index in [1.54, 1.807) is 48.8 Å². The second-order valence-electron chi connectivity index (χ2n) is 3.91. The molecule has 0 spiro atoms. The normalized spacial score (nSPS) is 10.7. The number of aromatic nitrogens is 2. The van der Waals surface area contributed by atoms with Crippen LogP contribution >= 0.6 is 0 Å². The lowest BCUT2D eigenvalue weighted by atomic mass is 10.4. The minimum absolute atomic E-state index is 0.552. The second kappa shape index (κ2) is 8.00. The highest BCUT2D eigenvalue weighted by molar-refractivity contribution is 6.35. The third-order valence-electron chi connectivity index (χ3n) is 2.31. The first-order valence-corrected chi connectivity index (χ1v) is 6.24. The van der Waals surface area contributed by atoms with Gasteiger partial charge in [-0.3, -0.25) is 19.6 Å². The lowest BCUT2D eigenvalue weighted by Gasteiger charge is -1.97. The first-order chi connectivity index (χ1) is 10.8. The smallest absolute Gasteiger partial charge is 0.262 e. The van der Waals surface area contributed by atoms with Crippen LogP contribution in [-0.4, -0.2) is 34.2 Å². The zero-order chi connectivity index (χ0) is 15.6. The Morgan fingerprint density at radius 2 is 1.27 bits per heavy atom. The fourth-order valence-electron chi connectivity index (χ4n) is 1.32. The van der Waals surface area contributed by atoms with E-state index in [0.29, 0.717) is 11.4 Å². The van der Waals surface area contributed by atoms with E-state index in [1.807, 2.05) is 0 Å². The molecule has 0 aliphatic carbocycles. The van der Waals surface area contributed by atoms with Crippen LogP contribution in [0.25, 0.3) is 0 Å². The second-order valence-corrected chi connectivity index (χ2v) is 3.91.